The fourth-order valence-corrected chi connectivity index (χ4v) is 1.97. The third kappa shape index (κ3) is 2.65. The lowest BCUT2D eigenvalue weighted by Crippen LogP contribution is -2.21. The predicted molar refractivity (Wildman–Crippen MR) is 65.1 cm³/mol. The zero-order chi connectivity index (χ0) is 11.6. The molecule has 0 aliphatic carbocycles. The van der Waals surface area contributed by atoms with Crippen LogP contribution in [0.3, 0.4) is 0 Å². The molecule has 0 spiro atoms. The highest BCUT2D eigenvalue weighted by Gasteiger charge is 2.20. The molecule has 0 aliphatic heterocycles. The second kappa shape index (κ2) is 4.88. The number of nitrogen functional groups attached to an aromatic ring is 1. The summed E-state index contributed by atoms with van der Waals surface area (Å²) < 4.78 is 0. The Bertz CT molecular complexity index is 331. The summed E-state index contributed by atoms with van der Waals surface area (Å²) in [7, 11) is 0. The average Bonchev–Trinajstić information content (AvgIpc) is 2.14. The highest BCUT2D eigenvalue weighted by molar-refractivity contribution is 7.80. The first kappa shape index (κ1) is 12.4. The number of aryl methyl sites for hydroxylation is 2. The Morgan fingerprint density at radius 1 is 1.27 bits per heavy atom. The number of benzene rings is 1. The minimum Gasteiger partial charge on any atom is -0.399 e. The topological polar surface area (TPSA) is 66.5 Å². The molecule has 2 atom stereocenters. The molecule has 84 valence electrons. The van der Waals surface area contributed by atoms with Gasteiger partial charge in [-0.05, 0) is 42.7 Å². The largest absolute Gasteiger partial charge is 0.399 e. The van der Waals surface area contributed by atoms with Gasteiger partial charge in [-0.2, -0.15) is 12.6 Å². The molecule has 4 N–H and O–H groups in total. The minimum atomic E-state index is -0.900. The molecule has 0 radical (unpaired) electrons. The van der Waals surface area contributed by atoms with E-state index in [1.165, 1.54) is 0 Å². The molecule has 2 unspecified atom stereocenters. The quantitative estimate of drug-likeness (QED) is 0.463. The summed E-state index contributed by atoms with van der Waals surface area (Å²) in [6.07, 6.45) is -1.75. The lowest BCUT2D eigenvalue weighted by atomic mass is 9.94. The fourth-order valence-electron chi connectivity index (χ4n) is 1.77. The average molecular weight is 227 g/mol. The molecular weight excluding hydrogens is 210 g/mol. The van der Waals surface area contributed by atoms with Gasteiger partial charge in [0.1, 0.15) is 6.10 Å². The van der Waals surface area contributed by atoms with Gasteiger partial charge in [0.05, 0.1) is 6.10 Å². The number of aliphatic hydroxyl groups excluding tert-OH is 2. The number of anilines is 1. The van der Waals surface area contributed by atoms with Gasteiger partial charge in [-0.3, -0.25) is 0 Å². The van der Waals surface area contributed by atoms with Crippen molar-refractivity contribution >= 4 is 18.3 Å². The summed E-state index contributed by atoms with van der Waals surface area (Å²) in [5, 5.41) is 19.4. The molecule has 0 heterocycles. The zero-order valence-electron chi connectivity index (χ0n) is 8.94. The number of hydrogen-bond donors (Lipinski definition) is 4. The molecule has 0 aliphatic rings. The van der Waals surface area contributed by atoms with Crippen molar-refractivity contribution in [3.05, 3.63) is 28.8 Å². The zero-order valence-corrected chi connectivity index (χ0v) is 9.83. The van der Waals surface area contributed by atoms with Crippen molar-refractivity contribution in [2.45, 2.75) is 26.1 Å². The van der Waals surface area contributed by atoms with Crippen molar-refractivity contribution in [1.29, 1.82) is 0 Å². The molecule has 15 heavy (non-hydrogen) atoms. The molecule has 3 nitrogen and oxygen atoms in total. The molecule has 0 saturated heterocycles. The normalized spacial score (nSPS) is 15.0. The second-order valence-electron chi connectivity index (χ2n) is 3.76. The highest BCUT2D eigenvalue weighted by Crippen LogP contribution is 2.27. The van der Waals surface area contributed by atoms with Crippen LogP contribution in [0.2, 0.25) is 0 Å². The van der Waals surface area contributed by atoms with E-state index in [0.717, 1.165) is 16.7 Å². The number of rotatable bonds is 3. The Morgan fingerprint density at radius 3 is 2.13 bits per heavy atom. The van der Waals surface area contributed by atoms with Gasteiger partial charge in [0.2, 0.25) is 0 Å². The Hall–Kier alpha value is -0.710. The van der Waals surface area contributed by atoms with Gasteiger partial charge < -0.3 is 15.9 Å². The van der Waals surface area contributed by atoms with Crippen LogP contribution >= 0.6 is 12.6 Å². The Morgan fingerprint density at radius 2 is 1.73 bits per heavy atom. The number of nitrogens with two attached hydrogens (primary N) is 1. The number of thiol groups is 1. The van der Waals surface area contributed by atoms with Crippen molar-refractivity contribution in [2.75, 3.05) is 11.5 Å². The highest BCUT2D eigenvalue weighted by atomic mass is 32.1. The van der Waals surface area contributed by atoms with Crippen LogP contribution in [0.15, 0.2) is 12.1 Å². The van der Waals surface area contributed by atoms with Crippen molar-refractivity contribution in [3.63, 3.8) is 0 Å². The SMILES string of the molecule is Cc1cc(N)cc(C)c1C(O)C(O)CS. The van der Waals surface area contributed by atoms with E-state index < -0.39 is 12.2 Å². The molecule has 1 rings (SSSR count). The van der Waals surface area contributed by atoms with E-state index in [2.05, 4.69) is 12.6 Å². The van der Waals surface area contributed by atoms with Crippen LogP contribution in [0.4, 0.5) is 5.69 Å². The van der Waals surface area contributed by atoms with Gasteiger partial charge >= 0.3 is 0 Å². The molecule has 0 aromatic heterocycles. The van der Waals surface area contributed by atoms with Gasteiger partial charge in [-0.25, -0.2) is 0 Å². The lowest BCUT2D eigenvalue weighted by molar-refractivity contribution is 0.0330. The smallest absolute Gasteiger partial charge is 0.106 e. The first-order valence-corrected chi connectivity index (χ1v) is 5.44. The monoisotopic (exact) mass is 227 g/mol. The number of hydrogen-bond acceptors (Lipinski definition) is 4. The van der Waals surface area contributed by atoms with Crippen molar-refractivity contribution < 1.29 is 10.2 Å². The second-order valence-corrected chi connectivity index (χ2v) is 4.13. The molecule has 0 fully saturated rings. The van der Waals surface area contributed by atoms with E-state index in [1.807, 2.05) is 13.8 Å². The van der Waals surface area contributed by atoms with Crippen molar-refractivity contribution in [1.82, 2.24) is 0 Å². The molecule has 1 aromatic carbocycles. The maximum atomic E-state index is 9.90. The summed E-state index contributed by atoms with van der Waals surface area (Å²) in [6, 6.07) is 3.58. The number of aliphatic hydroxyl groups is 2. The molecular formula is C11H17NO2S. The predicted octanol–water partition coefficient (Wildman–Crippen LogP) is 1.21. The van der Waals surface area contributed by atoms with E-state index >= 15 is 0 Å². The van der Waals surface area contributed by atoms with Gasteiger partial charge in [0.25, 0.3) is 0 Å². The first-order chi connectivity index (χ1) is 6.97. The fraction of sp³-hybridized carbons (Fsp3) is 0.455. The standard InChI is InChI=1S/C11H17NO2S/c1-6-3-8(12)4-7(2)10(6)11(14)9(13)5-15/h3-4,9,11,13-15H,5,12H2,1-2H3. The Balaban J connectivity index is 3.13. The van der Waals surface area contributed by atoms with E-state index in [9.17, 15) is 10.2 Å². The first-order valence-electron chi connectivity index (χ1n) is 4.81. The van der Waals surface area contributed by atoms with E-state index in [1.54, 1.807) is 12.1 Å². The maximum absolute atomic E-state index is 9.90. The van der Waals surface area contributed by atoms with Gasteiger partial charge in [-0.1, -0.05) is 0 Å². The van der Waals surface area contributed by atoms with Crippen LogP contribution in [0.25, 0.3) is 0 Å². The minimum absolute atomic E-state index is 0.227. The summed E-state index contributed by atoms with van der Waals surface area (Å²) >= 11 is 3.96. The Kier molecular flexibility index (Phi) is 4.02. The third-order valence-electron chi connectivity index (χ3n) is 2.46. The van der Waals surface area contributed by atoms with Crippen LogP contribution in [-0.4, -0.2) is 22.1 Å². The van der Waals surface area contributed by atoms with Gasteiger partial charge in [0, 0.05) is 11.4 Å². The van der Waals surface area contributed by atoms with E-state index in [-0.39, 0.29) is 5.75 Å². The molecule has 4 heteroatoms. The molecule has 0 amide bonds. The van der Waals surface area contributed by atoms with Crippen LogP contribution in [0.1, 0.15) is 22.8 Å². The summed E-state index contributed by atoms with van der Waals surface area (Å²) in [6.45, 7) is 3.74. The van der Waals surface area contributed by atoms with Gasteiger partial charge in [0.15, 0.2) is 0 Å². The van der Waals surface area contributed by atoms with Crippen LogP contribution in [-0.2, 0) is 0 Å². The third-order valence-corrected chi connectivity index (χ3v) is 2.84. The van der Waals surface area contributed by atoms with Crippen molar-refractivity contribution in [2.24, 2.45) is 0 Å². The summed E-state index contributed by atoms with van der Waals surface area (Å²) in [5.41, 5.74) is 8.87. The van der Waals surface area contributed by atoms with Crippen LogP contribution in [0.5, 0.6) is 0 Å². The van der Waals surface area contributed by atoms with Crippen LogP contribution in [0, 0.1) is 13.8 Å². The van der Waals surface area contributed by atoms with Crippen LogP contribution < -0.4 is 5.73 Å². The molecule has 0 bridgehead atoms. The van der Waals surface area contributed by atoms with Gasteiger partial charge in [-0.15, -0.1) is 0 Å². The van der Waals surface area contributed by atoms with Crippen molar-refractivity contribution in [3.8, 4) is 0 Å². The summed E-state index contributed by atoms with van der Waals surface area (Å²) in [4.78, 5) is 0. The van der Waals surface area contributed by atoms with E-state index in [4.69, 9.17) is 5.73 Å². The Labute approximate surface area is 95.3 Å². The molecule has 0 saturated carbocycles. The maximum Gasteiger partial charge on any atom is 0.106 e. The summed E-state index contributed by atoms with van der Waals surface area (Å²) in [5.74, 6) is 0.227. The molecule has 1 aromatic rings. The lowest BCUT2D eigenvalue weighted by Gasteiger charge is -2.20. The van der Waals surface area contributed by atoms with E-state index in [0.29, 0.717) is 5.69 Å².